The molecule has 6 nitrogen and oxygen atoms in total. The van der Waals surface area contributed by atoms with Crippen LogP contribution in [0.25, 0.3) is 0 Å². The Kier molecular flexibility index (Phi) is 6.58. The van der Waals surface area contributed by atoms with Crippen LogP contribution < -0.4 is 5.32 Å². The Morgan fingerprint density at radius 2 is 1.92 bits per heavy atom. The van der Waals surface area contributed by atoms with Gasteiger partial charge in [-0.15, -0.1) is 0 Å². The Bertz CT molecular complexity index is 645. The minimum absolute atomic E-state index is 0.0507. The zero-order valence-corrected chi connectivity index (χ0v) is 16.2. The average molecular weight is 411 g/mol. The largest absolute Gasteiger partial charge is 0.455 e. The summed E-state index contributed by atoms with van der Waals surface area (Å²) in [6, 6.07) is 7.48. The topological polar surface area (TPSA) is 75.7 Å². The van der Waals surface area contributed by atoms with Gasteiger partial charge in [-0.25, -0.2) is 0 Å². The molecule has 1 aromatic carbocycles. The molecule has 1 saturated heterocycles. The first kappa shape index (κ1) is 19.4. The number of nitrogens with one attached hydrogen (secondary N) is 1. The third-order valence-corrected chi connectivity index (χ3v) is 4.74. The lowest BCUT2D eigenvalue weighted by molar-refractivity contribution is -0.152. The Labute approximate surface area is 156 Å². The zero-order valence-electron chi connectivity index (χ0n) is 14.6. The first-order valence-electron chi connectivity index (χ1n) is 8.29. The van der Waals surface area contributed by atoms with Crippen LogP contribution in [0.3, 0.4) is 0 Å². The lowest BCUT2D eigenvalue weighted by Crippen LogP contribution is -2.34. The molecule has 0 radical (unpaired) electrons. The monoisotopic (exact) mass is 410 g/mol. The molecule has 25 heavy (non-hydrogen) atoms. The van der Waals surface area contributed by atoms with E-state index in [1.165, 1.54) is 0 Å². The molecule has 1 aromatic rings. The SMILES string of the molecule is CC(NC(=O)COC(=O)C1CC(=O)N(C(C)C)C1)c1ccc(Br)cc1. The van der Waals surface area contributed by atoms with Gasteiger partial charge in [0.05, 0.1) is 12.0 Å². The smallest absolute Gasteiger partial charge is 0.311 e. The third kappa shape index (κ3) is 5.29. The Morgan fingerprint density at radius 1 is 1.28 bits per heavy atom. The third-order valence-electron chi connectivity index (χ3n) is 4.21. The second-order valence-electron chi connectivity index (χ2n) is 6.49. The van der Waals surface area contributed by atoms with Crippen molar-refractivity contribution in [3.63, 3.8) is 0 Å². The van der Waals surface area contributed by atoms with Crippen molar-refractivity contribution in [2.75, 3.05) is 13.2 Å². The number of rotatable bonds is 6. The summed E-state index contributed by atoms with van der Waals surface area (Å²) in [5.41, 5.74) is 0.955. The molecule has 1 aliphatic heterocycles. The van der Waals surface area contributed by atoms with Crippen LogP contribution in [0.4, 0.5) is 0 Å². The molecule has 0 saturated carbocycles. The van der Waals surface area contributed by atoms with Gasteiger partial charge >= 0.3 is 5.97 Å². The van der Waals surface area contributed by atoms with Gasteiger partial charge in [-0.2, -0.15) is 0 Å². The highest BCUT2D eigenvalue weighted by atomic mass is 79.9. The number of esters is 1. The van der Waals surface area contributed by atoms with Crippen LogP contribution in [-0.4, -0.2) is 41.9 Å². The van der Waals surface area contributed by atoms with Crippen molar-refractivity contribution >= 4 is 33.7 Å². The van der Waals surface area contributed by atoms with Gasteiger partial charge in [0.25, 0.3) is 5.91 Å². The van der Waals surface area contributed by atoms with Crippen LogP contribution in [0.1, 0.15) is 38.8 Å². The molecule has 2 rings (SSSR count). The maximum atomic E-state index is 12.1. The number of carbonyl (C=O) groups is 3. The van der Waals surface area contributed by atoms with Gasteiger partial charge in [0.15, 0.2) is 6.61 Å². The minimum atomic E-state index is -0.497. The van der Waals surface area contributed by atoms with E-state index >= 15 is 0 Å². The molecule has 1 aliphatic rings. The first-order valence-corrected chi connectivity index (χ1v) is 9.08. The van der Waals surface area contributed by atoms with E-state index in [1.807, 2.05) is 45.0 Å². The van der Waals surface area contributed by atoms with Gasteiger partial charge in [-0.1, -0.05) is 28.1 Å². The Hall–Kier alpha value is -1.89. The lowest BCUT2D eigenvalue weighted by Gasteiger charge is -2.20. The molecule has 1 fully saturated rings. The summed E-state index contributed by atoms with van der Waals surface area (Å²) in [7, 11) is 0. The number of hydrogen-bond donors (Lipinski definition) is 1. The maximum Gasteiger partial charge on any atom is 0.311 e. The molecule has 0 spiro atoms. The van der Waals surface area contributed by atoms with Crippen molar-refractivity contribution in [1.82, 2.24) is 10.2 Å². The van der Waals surface area contributed by atoms with Crippen LogP contribution in [0.5, 0.6) is 0 Å². The van der Waals surface area contributed by atoms with E-state index in [-0.39, 0.29) is 36.9 Å². The van der Waals surface area contributed by atoms with Gasteiger partial charge in [-0.3, -0.25) is 14.4 Å². The van der Waals surface area contributed by atoms with Gasteiger partial charge < -0.3 is 15.0 Å². The van der Waals surface area contributed by atoms with Gasteiger partial charge in [0.2, 0.25) is 5.91 Å². The molecule has 2 unspecified atom stereocenters. The molecule has 7 heteroatoms. The van der Waals surface area contributed by atoms with Crippen molar-refractivity contribution in [2.45, 2.75) is 39.3 Å². The van der Waals surface area contributed by atoms with E-state index in [4.69, 9.17) is 4.74 Å². The summed E-state index contributed by atoms with van der Waals surface area (Å²) < 4.78 is 6.05. The van der Waals surface area contributed by atoms with Crippen molar-refractivity contribution < 1.29 is 19.1 Å². The van der Waals surface area contributed by atoms with Crippen LogP contribution in [0.15, 0.2) is 28.7 Å². The van der Waals surface area contributed by atoms with Crippen LogP contribution in [0, 0.1) is 5.92 Å². The lowest BCUT2D eigenvalue weighted by atomic mass is 10.1. The Balaban J connectivity index is 1.79. The second kappa shape index (κ2) is 8.47. The molecular weight excluding hydrogens is 388 g/mol. The fraction of sp³-hybridized carbons (Fsp3) is 0.500. The van der Waals surface area contributed by atoms with Crippen molar-refractivity contribution in [3.8, 4) is 0 Å². The van der Waals surface area contributed by atoms with E-state index in [0.29, 0.717) is 6.54 Å². The number of hydrogen-bond acceptors (Lipinski definition) is 4. The number of carbonyl (C=O) groups excluding carboxylic acids is 3. The number of amides is 2. The summed E-state index contributed by atoms with van der Waals surface area (Å²) >= 11 is 3.36. The molecule has 1 N–H and O–H groups in total. The van der Waals surface area contributed by atoms with Crippen molar-refractivity contribution in [3.05, 3.63) is 34.3 Å². The minimum Gasteiger partial charge on any atom is -0.455 e. The average Bonchev–Trinajstić information content (AvgIpc) is 2.95. The van der Waals surface area contributed by atoms with Gasteiger partial charge in [-0.05, 0) is 38.5 Å². The normalized spacial score (nSPS) is 18.4. The molecule has 1 heterocycles. The van der Waals surface area contributed by atoms with Crippen LogP contribution in [0.2, 0.25) is 0 Å². The fourth-order valence-electron chi connectivity index (χ4n) is 2.76. The number of nitrogens with zero attached hydrogens (tertiary/aromatic N) is 1. The number of ether oxygens (including phenoxy) is 1. The molecule has 136 valence electrons. The van der Waals surface area contributed by atoms with Crippen LogP contribution in [-0.2, 0) is 19.1 Å². The predicted octanol–water partition coefficient (Wildman–Crippen LogP) is 2.43. The first-order chi connectivity index (χ1) is 11.8. The summed E-state index contributed by atoms with van der Waals surface area (Å²) in [4.78, 5) is 37.5. The van der Waals surface area contributed by atoms with Gasteiger partial charge in [0, 0.05) is 23.5 Å². The molecule has 0 bridgehead atoms. The standard InChI is InChI=1S/C18H23BrN2O4/c1-11(2)21-9-14(8-17(21)23)18(24)25-10-16(22)20-12(3)13-4-6-15(19)7-5-13/h4-7,11-12,14H,8-10H2,1-3H3,(H,20,22). The highest BCUT2D eigenvalue weighted by Crippen LogP contribution is 2.21. The van der Waals surface area contributed by atoms with E-state index in [2.05, 4.69) is 21.2 Å². The second-order valence-corrected chi connectivity index (χ2v) is 7.41. The van der Waals surface area contributed by atoms with E-state index in [1.54, 1.807) is 4.90 Å². The fourth-order valence-corrected chi connectivity index (χ4v) is 3.03. The summed E-state index contributed by atoms with van der Waals surface area (Å²) in [6.07, 6.45) is 0.147. The Morgan fingerprint density at radius 3 is 2.48 bits per heavy atom. The number of benzene rings is 1. The summed E-state index contributed by atoms with van der Waals surface area (Å²) in [5, 5.41) is 2.79. The van der Waals surface area contributed by atoms with Gasteiger partial charge in [0.1, 0.15) is 0 Å². The van der Waals surface area contributed by atoms with E-state index in [0.717, 1.165) is 10.0 Å². The van der Waals surface area contributed by atoms with E-state index in [9.17, 15) is 14.4 Å². The predicted molar refractivity (Wildman–Crippen MR) is 96.6 cm³/mol. The summed E-state index contributed by atoms with van der Waals surface area (Å²) in [6.45, 7) is 5.68. The molecule has 2 atom stereocenters. The zero-order chi connectivity index (χ0) is 18.6. The quantitative estimate of drug-likeness (QED) is 0.730. The molecular formula is C18H23BrN2O4. The van der Waals surface area contributed by atoms with Crippen LogP contribution >= 0.6 is 15.9 Å². The number of likely N-dealkylation sites (tertiary alicyclic amines) is 1. The summed E-state index contributed by atoms with van der Waals surface area (Å²) in [5.74, 6) is -1.41. The van der Waals surface area contributed by atoms with Crippen molar-refractivity contribution in [2.24, 2.45) is 5.92 Å². The number of halogens is 1. The molecule has 2 amide bonds. The van der Waals surface area contributed by atoms with E-state index < -0.39 is 11.9 Å². The molecule has 0 aromatic heterocycles. The molecule has 0 aliphatic carbocycles. The highest BCUT2D eigenvalue weighted by Gasteiger charge is 2.36. The van der Waals surface area contributed by atoms with Crippen molar-refractivity contribution in [1.29, 1.82) is 0 Å². The maximum absolute atomic E-state index is 12.1. The highest BCUT2D eigenvalue weighted by molar-refractivity contribution is 9.10.